The fourth-order valence-electron chi connectivity index (χ4n) is 5.68. The average Bonchev–Trinajstić information content (AvgIpc) is 3.52. The number of thiocarbonyl (C=S) groups is 1. The first-order chi connectivity index (χ1) is 16.4. The minimum atomic E-state index is -0.0847. The van der Waals surface area contributed by atoms with Crippen LogP contribution in [0.5, 0.6) is 0 Å². The number of pyridine rings is 1. The summed E-state index contributed by atoms with van der Waals surface area (Å²) in [4.78, 5) is 18.3. The maximum Gasteiger partial charge on any atom is 0.221 e. The smallest absolute Gasteiger partial charge is 0.221 e. The Morgan fingerprint density at radius 1 is 1.12 bits per heavy atom. The summed E-state index contributed by atoms with van der Waals surface area (Å²) in [6.45, 7) is 5.98. The summed E-state index contributed by atoms with van der Waals surface area (Å²) in [7, 11) is 0. The summed E-state index contributed by atoms with van der Waals surface area (Å²) in [5.41, 5.74) is 6.61. The lowest BCUT2D eigenvalue weighted by Gasteiger charge is -2.28. The summed E-state index contributed by atoms with van der Waals surface area (Å²) in [5.74, 6) is -0.0847. The molecule has 6 nitrogen and oxygen atoms in total. The number of aryl methyl sites for hydroxylation is 1. The zero-order chi connectivity index (χ0) is 23.8. The fourth-order valence-corrected chi connectivity index (χ4v) is 6.03. The quantitative estimate of drug-likeness (QED) is 0.462. The number of carbonyl (C=O) groups is 1. The van der Waals surface area contributed by atoms with Crippen LogP contribution in [0.25, 0.3) is 0 Å². The largest absolute Gasteiger partial charge is 0.351 e. The molecule has 34 heavy (non-hydrogen) atoms. The molecule has 2 unspecified atom stereocenters. The minimum absolute atomic E-state index is 0.0321. The van der Waals surface area contributed by atoms with Gasteiger partial charge in [-0.2, -0.15) is 0 Å². The van der Waals surface area contributed by atoms with Crippen molar-refractivity contribution in [3.63, 3.8) is 0 Å². The van der Waals surface area contributed by atoms with Crippen LogP contribution in [0.2, 0.25) is 0 Å². The molecule has 176 valence electrons. The van der Waals surface area contributed by atoms with Crippen molar-refractivity contribution in [3.05, 3.63) is 77.4 Å². The Bertz CT molecular complexity index is 1200. The highest BCUT2D eigenvalue weighted by atomic mass is 32.1. The Hall–Kier alpha value is -3.19. The van der Waals surface area contributed by atoms with E-state index in [1.54, 1.807) is 0 Å². The summed E-state index contributed by atoms with van der Waals surface area (Å²) in [6, 6.07) is 16.7. The molecule has 2 aromatic heterocycles. The van der Waals surface area contributed by atoms with Gasteiger partial charge in [-0.05, 0) is 86.9 Å². The van der Waals surface area contributed by atoms with Crippen molar-refractivity contribution in [2.24, 2.45) is 0 Å². The molecule has 1 saturated heterocycles. The molecule has 0 bridgehead atoms. The van der Waals surface area contributed by atoms with Crippen molar-refractivity contribution in [3.8, 4) is 0 Å². The molecule has 0 spiro atoms. The van der Waals surface area contributed by atoms with Gasteiger partial charge in [-0.25, -0.2) is 0 Å². The van der Waals surface area contributed by atoms with E-state index in [1.165, 1.54) is 49.6 Å². The monoisotopic (exact) mass is 473 g/mol. The van der Waals surface area contributed by atoms with Crippen LogP contribution in [0.4, 0.5) is 11.4 Å². The van der Waals surface area contributed by atoms with Gasteiger partial charge in [0.25, 0.3) is 0 Å². The van der Waals surface area contributed by atoms with Crippen molar-refractivity contribution in [2.75, 3.05) is 10.2 Å². The van der Waals surface area contributed by atoms with Gasteiger partial charge in [0.05, 0.1) is 17.8 Å². The third kappa shape index (κ3) is 4.09. The Morgan fingerprint density at radius 2 is 1.85 bits per heavy atom. The van der Waals surface area contributed by atoms with Gasteiger partial charge in [-0.3, -0.25) is 9.78 Å². The van der Waals surface area contributed by atoms with Gasteiger partial charge >= 0.3 is 0 Å². The van der Waals surface area contributed by atoms with Crippen molar-refractivity contribution in [2.45, 2.75) is 64.6 Å². The highest BCUT2D eigenvalue weighted by molar-refractivity contribution is 7.80. The van der Waals surface area contributed by atoms with Gasteiger partial charge in [0.1, 0.15) is 0 Å². The summed E-state index contributed by atoms with van der Waals surface area (Å²) < 4.78 is 2.54. The number of carbonyl (C=O) groups excluding carboxylic acids is 1. The Labute approximate surface area is 206 Å². The van der Waals surface area contributed by atoms with Crippen molar-refractivity contribution >= 4 is 34.6 Å². The van der Waals surface area contributed by atoms with Crippen LogP contribution in [0.1, 0.15) is 73.4 Å². The number of anilines is 2. The second-order valence-corrected chi connectivity index (χ2v) is 9.75. The Morgan fingerprint density at radius 3 is 2.50 bits per heavy atom. The fraction of sp³-hybridized carbons (Fsp3) is 0.370. The first kappa shape index (κ1) is 22.6. The van der Waals surface area contributed by atoms with Gasteiger partial charge < -0.3 is 20.1 Å². The van der Waals surface area contributed by atoms with E-state index in [0.29, 0.717) is 11.2 Å². The minimum Gasteiger partial charge on any atom is -0.351 e. The predicted molar refractivity (Wildman–Crippen MR) is 140 cm³/mol. The molecule has 1 saturated carbocycles. The zero-order valence-corrected chi connectivity index (χ0v) is 20.7. The summed E-state index contributed by atoms with van der Waals surface area (Å²) in [6.07, 6.45) is 6.93. The summed E-state index contributed by atoms with van der Waals surface area (Å²) in [5, 5.41) is 7.08. The molecular formula is C27H31N5OS. The van der Waals surface area contributed by atoms with E-state index in [-0.39, 0.29) is 18.0 Å². The number of hydrogen-bond donors (Lipinski definition) is 2. The molecule has 1 aromatic carbocycles. The molecule has 0 radical (unpaired) electrons. The third-order valence-corrected chi connectivity index (χ3v) is 7.41. The van der Waals surface area contributed by atoms with Crippen molar-refractivity contribution in [1.29, 1.82) is 0 Å². The molecular weight excluding hydrogens is 442 g/mol. The average molecular weight is 474 g/mol. The maximum absolute atomic E-state index is 11.5. The molecule has 2 atom stereocenters. The highest BCUT2D eigenvalue weighted by Crippen LogP contribution is 2.45. The molecule has 2 aliphatic rings. The van der Waals surface area contributed by atoms with Crippen molar-refractivity contribution in [1.82, 2.24) is 14.9 Å². The van der Waals surface area contributed by atoms with Gasteiger partial charge in [0, 0.05) is 41.9 Å². The van der Waals surface area contributed by atoms with Crippen molar-refractivity contribution < 1.29 is 4.79 Å². The second kappa shape index (κ2) is 9.22. The normalized spacial score (nSPS) is 20.6. The first-order valence-corrected chi connectivity index (χ1v) is 12.4. The van der Waals surface area contributed by atoms with E-state index < -0.39 is 0 Å². The van der Waals surface area contributed by atoms with E-state index in [1.807, 2.05) is 42.6 Å². The number of nitrogens with one attached hydrogen (secondary N) is 2. The molecule has 2 fully saturated rings. The molecule has 1 aliphatic heterocycles. The van der Waals surface area contributed by atoms with E-state index in [9.17, 15) is 4.79 Å². The molecule has 2 N–H and O–H groups in total. The topological polar surface area (TPSA) is 62.2 Å². The standard InChI is InChI=1S/C27H31N5OS/c1-17-16-23(18(2)31(17)21-8-4-5-9-21)26-25(24-10-6-7-15-28-24)30-27(34)32(26)22-13-11-20(12-14-22)29-19(3)33/h6-7,10-16,21,25-26H,4-5,8-9H2,1-3H3,(H,29,33)(H,30,34). The predicted octanol–water partition coefficient (Wildman–Crippen LogP) is 5.75. The van der Waals surface area contributed by atoms with E-state index in [4.69, 9.17) is 12.2 Å². The van der Waals surface area contributed by atoms with Crippen LogP contribution < -0.4 is 15.5 Å². The van der Waals surface area contributed by atoms with Crippen LogP contribution in [0.3, 0.4) is 0 Å². The van der Waals surface area contributed by atoms with Crippen LogP contribution >= 0.6 is 12.2 Å². The zero-order valence-electron chi connectivity index (χ0n) is 19.9. The molecule has 5 rings (SSSR count). The van der Waals surface area contributed by atoms with Gasteiger partial charge in [-0.1, -0.05) is 18.9 Å². The second-order valence-electron chi connectivity index (χ2n) is 9.36. The lowest BCUT2D eigenvalue weighted by atomic mass is 9.96. The van der Waals surface area contributed by atoms with Gasteiger partial charge in [-0.15, -0.1) is 0 Å². The van der Waals surface area contributed by atoms with Gasteiger partial charge in [0.2, 0.25) is 5.91 Å². The number of nitrogens with zero attached hydrogens (tertiary/aromatic N) is 3. The Balaban J connectivity index is 1.59. The van der Waals surface area contributed by atoms with E-state index in [0.717, 1.165) is 17.1 Å². The molecule has 3 heterocycles. The molecule has 1 amide bonds. The first-order valence-electron chi connectivity index (χ1n) is 12.0. The number of benzene rings is 1. The lowest BCUT2D eigenvalue weighted by Crippen LogP contribution is -2.29. The SMILES string of the molecule is CC(=O)Nc1ccc(N2C(=S)NC(c3ccccn3)C2c2cc(C)n(C3CCCC3)c2C)cc1. The Kier molecular flexibility index (Phi) is 6.13. The van der Waals surface area contributed by atoms with E-state index in [2.05, 4.69) is 51.1 Å². The molecule has 1 aliphatic carbocycles. The molecule has 3 aromatic rings. The van der Waals surface area contributed by atoms with Crippen LogP contribution in [-0.2, 0) is 4.79 Å². The summed E-state index contributed by atoms with van der Waals surface area (Å²) >= 11 is 5.88. The number of hydrogen-bond acceptors (Lipinski definition) is 3. The van der Waals surface area contributed by atoms with Crippen LogP contribution in [0.15, 0.2) is 54.7 Å². The molecule has 7 heteroatoms. The third-order valence-electron chi connectivity index (χ3n) is 7.10. The van der Waals surface area contributed by atoms with Crippen LogP contribution in [0, 0.1) is 13.8 Å². The number of amides is 1. The number of rotatable bonds is 5. The van der Waals surface area contributed by atoms with Gasteiger partial charge in [0.15, 0.2) is 5.11 Å². The lowest BCUT2D eigenvalue weighted by molar-refractivity contribution is -0.114. The van der Waals surface area contributed by atoms with E-state index >= 15 is 0 Å². The van der Waals surface area contributed by atoms with Crippen LogP contribution in [-0.4, -0.2) is 20.6 Å². The number of aromatic nitrogens is 2. The maximum atomic E-state index is 11.5. The highest BCUT2D eigenvalue weighted by Gasteiger charge is 2.42.